The average Bonchev–Trinajstić information content (AvgIpc) is 2.52. The van der Waals surface area contributed by atoms with Crippen molar-refractivity contribution in [2.24, 2.45) is 0 Å². The first kappa shape index (κ1) is 16.6. The van der Waals surface area contributed by atoms with Gasteiger partial charge >= 0.3 is 0 Å². The molecule has 1 unspecified atom stereocenters. The Morgan fingerprint density at radius 3 is 2.86 bits per heavy atom. The molecular formula is C17H29N3S. The SMILES string of the molecule is CCc1cc(CNC(C)C)cc(N2CCSC(CC)C2)n1. The summed E-state index contributed by atoms with van der Waals surface area (Å²) in [6, 6.07) is 5.04. The van der Waals surface area contributed by atoms with Gasteiger partial charge in [0.1, 0.15) is 5.82 Å². The Morgan fingerprint density at radius 1 is 1.38 bits per heavy atom. The topological polar surface area (TPSA) is 28.2 Å². The average molecular weight is 308 g/mol. The van der Waals surface area contributed by atoms with Crippen molar-refractivity contribution in [2.75, 3.05) is 23.7 Å². The second-order valence-corrected chi connectivity index (χ2v) is 7.47. The zero-order valence-corrected chi connectivity index (χ0v) is 14.7. The molecule has 1 atom stereocenters. The second kappa shape index (κ2) is 8.04. The zero-order chi connectivity index (χ0) is 15.2. The highest BCUT2D eigenvalue weighted by Gasteiger charge is 2.20. The van der Waals surface area contributed by atoms with Crippen LogP contribution in [0.5, 0.6) is 0 Å². The number of aromatic nitrogens is 1. The number of pyridine rings is 1. The van der Waals surface area contributed by atoms with Crippen LogP contribution in [0.1, 0.15) is 45.4 Å². The highest BCUT2D eigenvalue weighted by molar-refractivity contribution is 8.00. The zero-order valence-electron chi connectivity index (χ0n) is 13.9. The van der Waals surface area contributed by atoms with Crippen LogP contribution in [-0.4, -0.2) is 35.1 Å². The minimum atomic E-state index is 0.516. The molecule has 0 amide bonds. The Balaban J connectivity index is 2.15. The molecule has 0 aliphatic carbocycles. The Bertz CT molecular complexity index is 448. The monoisotopic (exact) mass is 307 g/mol. The minimum absolute atomic E-state index is 0.516. The lowest BCUT2D eigenvalue weighted by molar-refractivity contribution is 0.587. The van der Waals surface area contributed by atoms with Gasteiger partial charge < -0.3 is 10.2 Å². The molecular weight excluding hydrogens is 278 g/mol. The van der Waals surface area contributed by atoms with Crippen molar-refractivity contribution in [3.63, 3.8) is 0 Å². The molecule has 1 aliphatic heterocycles. The fourth-order valence-electron chi connectivity index (χ4n) is 2.57. The minimum Gasteiger partial charge on any atom is -0.355 e. The van der Waals surface area contributed by atoms with Gasteiger partial charge in [0.15, 0.2) is 0 Å². The van der Waals surface area contributed by atoms with Gasteiger partial charge in [-0.15, -0.1) is 0 Å². The molecule has 2 heterocycles. The fourth-order valence-corrected chi connectivity index (χ4v) is 3.75. The van der Waals surface area contributed by atoms with Crippen molar-refractivity contribution >= 4 is 17.6 Å². The summed E-state index contributed by atoms with van der Waals surface area (Å²) in [5.74, 6) is 2.39. The first-order chi connectivity index (χ1) is 10.1. The predicted octanol–water partition coefficient (Wildman–Crippen LogP) is 3.47. The van der Waals surface area contributed by atoms with E-state index in [4.69, 9.17) is 4.98 Å². The van der Waals surface area contributed by atoms with Gasteiger partial charge in [-0.2, -0.15) is 11.8 Å². The van der Waals surface area contributed by atoms with Crippen LogP contribution in [-0.2, 0) is 13.0 Å². The number of nitrogens with one attached hydrogen (secondary N) is 1. The van der Waals surface area contributed by atoms with Crippen LogP contribution in [0.25, 0.3) is 0 Å². The molecule has 21 heavy (non-hydrogen) atoms. The van der Waals surface area contributed by atoms with Gasteiger partial charge in [0, 0.05) is 42.4 Å². The van der Waals surface area contributed by atoms with Crippen LogP contribution in [0.15, 0.2) is 12.1 Å². The number of rotatable bonds is 6. The first-order valence-electron chi connectivity index (χ1n) is 8.22. The summed E-state index contributed by atoms with van der Waals surface area (Å²) in [5, 5.41) is 4.27. The molecule has 0 aromatic carbocycles. The molecule has 0 radical (unpaired) electrons. The number of hydrogen-bond donors (Lipinski definition) is 1. The molecule has 4 heteroatoms. The molecule has 0 saturated carbocycles. The van der Waals surface area contributed by atoms with Gasteiger partial charge in [0.05, 0.1) is 0 Å². The van der Waals surface area contributed by atoms with Crippen LogP contribution in [0, 0.1) is 0 Å². The summed E-state index contributed by atoms with van der Waals surface area (Å²) < 4.78 is 0. The molecule has 0 bridgehead atoms. The molecule has 1 saturated heterocycles. The summed E-state index contributed by atoms with van der Waals surface area (Å²) in [5.41, 5.74) is 2.57. The van der Waals surface area contributed by atoms with Crippen LogP contribution >= 0.6 is 11.8 Å². The van der Waals surface area contributed by atoms with Crippen LogP contribution in [0.4, 0.5) is 5.82 Å². The van der Waals surface area contributed by atoms with Crippen molar-refractivity contribution in [1.82, 2.24) is 10.3 Å². The molecule has 1 aromatic rings. The molecule has 1 N–H and O–H groups in total. The van der Waals surface area contributed by atoms with E-state index in [0.29, 0.717) is 6.04 Å². The van der Waals surface area contributed by atoms with Crippen molar-refractivity contribution < 1.29 is 0 Å². The summed E-state index contributed by atoms with van der Waals surface area (Å²) in [7, 11) is 0. The van der Waals surface area contributed by atoms with E-state index in [9.17, 15) is 0 Å². The molecule has 3 nitrogen and oxygen atoms in total. The molecule has 1 aromatic heterocycles. The van der Waals surface area contributed by atoms with Crippen molar-refractivity contribution in [1.29, 1.82) is 0 Å². The lowest BCUT2D eigenvalue weighted by Gasteiger charge is -2.33. The van der Waals surface area contributed by atoms with Crippen LogP contribution in [0.3, 0.4) is 0 Å². The Hall–Kier alpha value is -0.740. The largest absolute Gasteiger partial charge is 0.355 e. The molecule has 2 rings (SSSR count). The summed E-state index contributed by atoms with van der Waals surface area (Å²) >= 11 is 2.11. The van der Waals surface area contributed by atoms with Gasteiger partial charge in [0.2, 0.25) is 0 Å². The maximum Gasteiger partial charge on any atom is 0.129 e. The van der Waals surface area contributed by atoms with Crippen molar-refractivity contribution in [3.05, 3.63) is 23.4 Å². The normalized spacial score (nSPS) is 19.3. The predicted molar refractivity (Wildman–Crippen MR) is 94.3 cm³/mol. The van der Waals surface area contributed by atoms with Crippen LogP contribution in [0.2, 0.25) is 0 Å². The molecule has 1 aliphatic rings. The number of anilines is 1. The number of hydrogen-bond acceptors (Lipinski definition) is 4. The Labute approximate surface area is 133 Å². The standard InChI is InChI=1S/C17H29N3S/c1-5-15-9-14(11-18-13(3)4)10-17(19-15)20-7-8-21-16(6-2)12-20/h9-10,13,16,18H,5-8,11-12H2,1-4H3. The number of nitrogens with zero attached hydrogens (tertiary/aromatic N) is 2. The van der Waals surface area contributed by atoms with Crippen molar-refractivity contribution in [2.45, 2.75) is 58.4 Å². The summed E-state index contributed by atoms with van der Waals surface area (Å²) in [6.45, 7) is 12.0. The summed E-state index contributed by atoms with van der Waals surface area (Å²) in [4.78, 5) is 7.34. The lowest BCUT2D eigenvalue weighted by atomic mass is 10.1. The number of thioether (sulfide) groups is 1. The van der Waals surface area contributed by atoms with Gasteiger partial charge in [-0.25, -0.2) is 4.98 Å². The highest BCUT2D eigenvalue weighted by Crippen LogP contribution is 2.25. The maximum absolute atomic E-state index is 4.86. The van der Waals surface area contributed by atoms with Gasteiger partial charge in [-0.3, -0.25) is 0 Å². The third-order valence-electron chi connectivity index (χ3n) is 3.92. The van der Waals surface area contributed by atoms with Crippen molar-refractivity contribution in [3.8, 4) is 0 Å². The van der Waals surface area contributed by atoms with E-state index in [1.165, 1.54) is 29.2 Å². The lowest BCUT2D eigenvalue weighted by Crippen LogP contribution is -2.38. The number of aryl methyl sites for hydroxylation is 1. The smallest absolute Gasteiger partial charge is 0.129 e. The van der Waals surface area contributed by atoms with E-state index >= 15 is 0 Å². The van der Waals surface area contributed by atoms with Gasteiger partial charge in [0.25, 0.3) is 0 Å². The van der Waals surface area contributed by atoms with E-state index < -0.39 is 0 Å². The first-order valence-corrected chi connectivity index (χ1v) is 9.27. The quantitative estimate of drug-likeness (QED) is 0.871. The van der Waals surface area contributed by atoms with E-state index in [-0.39, 0.29) is 0 Å². The van der Waals surface area contributed by atoms with E-state index in [1.807, 2.05) is 0 Å². The molecule has 118 valence electrons. The fraction of sp³-hybridized carbons (Fsp3) is 0.706. The van der Waals surface area contributed by atoms with E-state index in [0.717, 1.165) is 31.3 Å². The van der Waals surface area contributed by atoms with Gasteiger partial charge in [-0.1, -0.05) is 27.7 Å². The van der Waals surface area contributed by atoms with Gasteiger partial charge in [-0.05, 0) is 30.5 Å². The summed E-state index contributed by atoms with van der Waals surface area (Å²) in [6.07, 6.45) is 2.25. The van der Waals surface area contributed by atoms with E-state index in [2.05, 4.69) is 61.8 Å². The van der Waals surface area contributed by atoms with Crippen LogP contribution < -0.4 is 10.2 Å². The third kappa shape index (κ3) is 4.89. The molecule has 0 spiro atoms. The Morgan fingerprint density at radius 2 is 2.19 bits per heavy atom. The highest BCUT2D eigenvalue weighted by atomic mass is 32.2. The molecule has 1 fully saturated rings. The maximum atomic E-state index is 4.86. The van der Waals surface area contributed by atoms with E-state index in [1.54, 1.807) is 0 Å². The Kier molecular flexibility index (Phi) is 6.37. The third-order valence-corrected chi connectivity index (χ3v) is 5.29. The second-order valence-electron chi connectivity index (χ2n) is 6.06.